The molecule has 0 radical (unpaired) electrons. The molecule has 1 heterocycles. The predicted molar refractivity (Wildman–Crippen MR) is 46.7 cm³/mol. The SMILES string of the molecule is N#Cc1ccnc(I)c1C(F)(F)F. The van der Waals surface area contributed by atoms with Crippen molar-refractivity contribution in [2.24, 2.45) is 0 Å². The first-order valence-electron chi connectivity index (χ1n) is 3.08. The molecule has 0 aliphatic rings. The Kier molecular flexibility index (Phi) is 2.75. The molecule has 0 bridgehead atoms. The van der Waals surface area contributed by atoms with Gasteiger partial charge in [0.25, 0.3) is 0 Å². The first-order valence-corrected chi connectivity index (χ1v) is 4.16. The summed E-state index contributed by atoms with van der Waals surface area (Å²) in [6.45, 7) is 0. The molecular weight excluding hydrogens is 296 g/mol. The number of hydrogen-bond donors (Lipinski definition) is 0. The van der Waals surface area contributed by atoms with Gasteiger partial charge >= 0.3 is 6.18 Å². The summed E-state index contributed by atoms with van der Waals surface area (Å²) in [5.74, 6) is 0. The van der Waals surface area contributed by atoms with Crippen LogP contribution < -0.4 is 0 Å². The highest BCUT2D eigenvalue weighted by molar-refractivity contribution is 14.1. The van der Waals surface area contributed by atoms with E-state index in [2.05, 4.69) is 4.98 Å². The number of nitriles is 1. The summed E-state index contributed by atoms with van der Waals surface area (Å²) in [6.07, 6.45) is -3.34. The van der Waals surface area contributed by atoms with E-state index in [0.29, 0.717) is 0 Å². The highest BCUT2D eigenvalue weighted by Crippen LogP contribution is 2.33. The highest BCUT2D eigenvalue weighted by atomic mass is 127. The van der Waals surface area contributed by atoms with Crippen LogP contribution in [-0.2, 0) is 6.18 Å². The fourth-order valence-corrected chi connectivity index (χ4v) is 1.56. The molecule has 2 nitrogen and oxygen atoms in total. The molecule has 1 rings (SSSR count). The minimum Gasteiger partial charge on any atom is -0.250 e. The third-order valence-electron chi connectivity index (χ3n) is 1.31. The first kappa shape index (κ1) is 10.2. The molecule has 6 heteroatoms. The van der Waals surface area contributed by atoms with E-state index in [1.807, 2.05) is 0 Å². The van der Waals surface area contributed by atoms with E-state index in [-0.39, 0.29) is 3.70 Å². The molecular formula is C7H2F3IN2. The summed E-state index contributed by atoms with van der Waals surface area (Å²) in [7, 11) is 0. The van der Waals surface area contributed by atoms with Gasteiger partial charge < -0.3 is 0 Å². The third kappa shape index (κ3) is 2.09. The van der Waals surface area contributed by atoms with Crippen LogP contribution in [0, 0.1) is 15.0 Å². The Morgan fingerprint density at radius 3 is 2.46 bits per heavy atom. The fourth-order valence-electron chi connectivity index (χ4n) is 0.799. The van der Waals surface area contributed by atoms with Crippen molar-refractivity contribution in [1.82, 2.24) is 4.98 Å². The summed E-state index contributed by atoms with van der Waals surface area (Å²) in [4.78, 5) is 3.47. The van der Waals surface area contributed by atoms with Crippen molar-refractivity contribution in [1.29, 1.82) is 5.26 Å². The Morgan fingerprint density at radius 1 is 1.46 bits per heavy atom. The lowest BCUT2D eigenvalue weighted by atomic mass is 10.1. The average Bonchev–Trinajstić information content (AvgIpc) is 2.01. The van der Waals surface area contributed by atoms with Crippen LogP contribution in [-0.4, -0.2) is 4.98 Å². The minimum absolute atomic E-state index is 0.204. The zero-order valence-corrected chi connectivity index (χ0v) is 8.22. The summed E-state index contributed by atoms with van der Waals surface area (Å²) in [5.41, 5.74) is -1.36. The smallest absolute Gasteiger partial charge is 0.250 e. The van der Waals surface area contributed by atoms with Crippen LogP contribution in [0.5, 0.6) is 0 Å². The molecule has 0 N–H and O–H groups in total. The van der Waals surface area contributed by atoms with Crippen LogP contribution in [0.3, 0.4) is 0 Å². The molecule has 13 heavy (non-hydrogen) atoms. The lowest BCUT2D eigenvalue weighted by molar-refractivity contribution is -0.138. The fraction of sp³-hybridized carbons (Fsp3) is 0.143. The standard InChI is InChI=1S/C7H2F3IN2/c8-7(9,10)5-4(3-12)1-2-13-6(5)11/h1-2H. The number of hydrogen-bond acceptors (Lipinski definition) is 2. The lowest BCUT2D eigenvalue weighted by Crippen LogP contribution is -2.11. The molecule has 0 saturated carbocycles. The zero-order chi connectivity index (χ0) is 10.1. The number of alkyl halides is 3. The van der Waals surface area contributed by atoms with Crippen molar-refractivity contribution in [2.45, 2.75) is 6.18 Å². The van der Waals surface area contributed by atoms with Crippen LogP contribution in [0.25, 0.3) is 0 Å². The number of aromatic nitrogens is 1. The Balaban J connectivity index is 3.43. The molecule has 0 atom stereocenters. The van der Waals surface area contributed by atoms with E-state index >= 15 is 0 Å². The Hall–Kier alpha value is -0.840. The first-order chi connectivity index (χ1) is 5.96. The quantitative estimate of drug-likeness (QED) is 0.545. The maximum atomic E-state index is 12.3. The Morgan fingerprint density at radius 2 is 2.08 bits per heavy atom. The summed E-state index contributed by atoms with van der Waals surface area (Å²) >= 11 is 1.45. The molecule has 0 saturated heterocycles. The van der Waals surface area contributed by atoms with E-state index in [9.17, 15) is 13.2 Å². The van der Waals surface area contributed by atoms with Crippen LogP contribution in [0.2, 0.25) is 0 Å². The second-order valence-electron chi connectivity index (χ2n) is 2.13. The van der Waals surface area contributed by atoms with Gasteiger partial charge in [-0.1, -0.05) is 0 Å². The molecule has 0 aromatic carbocycles. The summed E-state index contributed by atoms with van der Waals surface area (Å²) in [6, 6.07) is 2.52. The second kappa shape index (κ2) is 3.49. The molecule has 0 spiro atoms. The number of rotatable bonds is 0. The van der Waals surface area contributed by atoms with E-state index < -0.39 is 17.3 Å². The average molecular weight is 298 g/mol. The minimum atomic E-state index is -4.52. The molecule has 1 aromatic heterocycles. The zero-order valence-electron chi connectivity index (χ0n) is 6.06. The predicted octanol–water partition coefficient (Wildman–Crippen LogP) is 2.58. The van der Waals surface area contributed by atoms with E-state index in [1.165, 1.54) is 34.9 Å². The van der Waals surface area contributed by atoms with E-state index in [0.717, 1.165) is 6.07 Å². The van der Waals surface area contributed by atoms with Crippen molar-refractivity contribution < 1.29 is 13.2 Å². The van der Waals surface area contributed by atoms with Gasteiger partial charge in [-0.25, -0.2) is 4.98 Å². The van der Waals surface area contributed by atoms with Gasteiger partial charge in [-0.3, -0.25) is 0 Å². The van der Waals surface area contributed by atoms with Crippen LogP contribution >= 0.6 is 22.6 Å². The normalized spacial score (nSPS) is 11.0. The number of nitrogens with zero attached hydrogens (tertiary/aromatic N) is 2. The van der Waals surface area contributed by atoms with Gasteiger partial charge in [-0.2, -0.15) is 18.4 Å². The maximum absolute atomic E-state index is 12.3. The molecule has 68 valence electrons. The van der Waals surface area contributed by atoms with E-state index in [4.69, 9.17) is 5.26 Å². The molecule has 0 aliphatic carbocycles. The second-order valence-corrected chi connectivity index (χ2v) is 3.16. The van der Waals surface area contributed by atoms with Crippen molar-refractivity contribution in [3.63, 3.8) is 0 Å². The van der Waals surface area contributed by atoms with Gasteiger partial charge in [-0.15, -0.1) is 0 Å². The third-order valence-corrected chi connectivity index (χ3v) is 2.13. The molecule has 0 amide bonds. The number of pyridine rings is 1. The van der Waals surface area contributed by atoms with Crippen molar-refractivity contribution in [3.05, 3.63) is 27.1 Å². The summed E-state index contributed by atoms with van der Waals surface area (Å²) in [5, 5.41) is 8.43. The van der Waals surface area contributed by atoms with Crippen LogP contribution in [0.4, 0.5) is 13.2 Å². The van der Waals surface area contributed by atoms with Gasteiger partial charge in [0.1, 0.15) is 9.26 Å². The maximum Gasteiger partial charge on any atom is 0.420 e. The topological polar surface area (TPSA) is 36.7 Å². The van der Waals surface area contributed by atoms with Gasteiger partial charge in [0, 0.05) is 6.20 Å². The number of halogens is 4. The highest BCUT2D eigenvalue weighted by Gasteiger charge is 2.36. The van der Waals surface area contributed by atoms with Gasteiger partial charge in [0.2, 0.25) is 0 Å². The van der Waals surface area contributed by atoms with Crippen LogP contribution in [0.1, 0.15) is 11.1 Å². The molecule has 1 aromatic rings. The Labute approximate surface area is 85.5 Å². The van der Waals surface area contributed by atoms with Gasteiger partial charge in [0.15, 0.2) is 0 Å². The Bertz CT molecular complexity index is 367. The lowest BCUT2D eigenvalue weighted by Gasteiger charge is -2.08. The van der Waals surface area contributed by atoms with Gasteiger partial charge in [-0.05, 0) is 28.7 Å². The largest absolute Gasteiger partial charge is 0.420 e. The van der Waals surface area contributed by atoms with Crippen molar-refractivity contribution in [3.8, 4) is 6.07 Å². The van der Waals surface area contributed by atoms with Crippen LogP contribution in [0.15, 0.2) is 12.3 Å². The van der Waals surface area contributed by atoms with Crippen molar-refractivity contribution in [2.75, 3.05) is 0 Å². The van der Waals surface area contributed by atoms with Gasteiger partial charge in [0.05, 0.1) is 11.6 Å². The molecule has 0 fully saturated rings. The molecule has 0 unspecified atom stereocenters. The van der Waals surface area contributed by atoms with E-state index in [1.54, 1.807) is 0 Å². The molecule has 0 aliphatic heterocycles. The monoisotopic (exact) mass is 298 g/mol. The summed E-state index contributed by atoms with van der Waals surface area (Å²) < 4.78 is 36.7. The van der Waals surface area contributed by atoms with Crippen molar-refractivity contribution >= 4 is 22.6 Å².